The summed E-state index contributed by atoms with van der Waals surface area (Å²) in [4.78, 5) is 28.3. The smallest absolute Gasteiger partial charge is 0.419 e. The Kier molecular flexibility index (Phi) is 6.36. The number of H-pyrrole nitrogens is 1. The predicted octanol–water partition coefficient (Wildman–Crippen LogP) is 9.10. The fourth-order valence-corrected chi connectivity index (χ4v) is 6.44. The number of thiophene rings is 1. The molecule has 0 aliphatic carbocycles. The van der Waals surface area contributed by atoms with Crippen LogP contribution in [0.4, 0.5) is 10.5 Å². The van der Waals surface area contributed by atoms with E-state index in [0.717, 1.165) is 37.7 Å². The first kappa shape index (κ1) is 26.7. The van der Waals surface area contributed by atoms with Crippen LogP contribution in [0.3, 0.4) is 0 Å². The van der Waals surface area contributed by atoms with Crippen LogP contribution in [-0.2, 0) is 4.74 Å². The lowest BCUT2D eigenvalue weighted by Gasteiger charge is -2.21. The molecule has 0 radical (unpaired) electrons. The van der Waals surface area contributed by atoms with Gasteiger partial charge >= 0.3 is 6.09 Å². The number of nitrogens with one attached hydrogen (secondary N) is 2. The van der Waals surface area contributed by atoms with Gasteiger partial charge in [-0.05, 0) is 74.2 Å². The molecule has 7 nitrogen and oxygen atoms in total. The van der Waals surface area contributed by atoms with Gasteiger partial charge in [0, 0.05) is 31.5 Å². The fourth-order valence-electron chi connectivity index (χ4n) is 5.36. The monoisotopic (exact) mass is 584 g/mol. The van der Waals surface area contributed by atoms with Gasteiger partial charge in [0.15, 0.2) is 0 Å². The second-order valence-corrected chi connectivity index (χ2v) is 12.5. The van der Waals surface area contributed by atoms with Crippen molar-refractivity contribution < 1.29 is 14.3 Å². The number of nitrogens with zero attached hydrogens (tertiary/aromatic N) is 2. The van der Waals surface area contributed by atoms with Gasteiger partial charge in [0.05, 0.1) is 28.6 Å². The summed E-state index contributed by atoms with van der Waals surface area (Å²) in [5, 5.41) is 13.2. The van der Waals surface area contributed by atoms with Gasteiger partial charge < -0.3 is 10.1 Å². The minimum atomic E-state index is -0.675. The van der Waals surface area contributed by atoms with Crippen molar-refractivity contribution in [2.24, 2.45) is 0 Å². The van der Waals surface area contributed by atoms with Crippen molar-refractivity contribution in [2.45, 2.75) is 26.4 Å². The number of aromatic nitrogens is 3. The molecular weight excluding hydrogens is 556 g/mol. The average molecular weight is 585 g/mol. The van der Waals surface area contributed by atoms with Gasteiger partial charge in [-0.15, -0.1) is 11.3 Å². The summed E-state index contributed by atoms with van der Waals surface area (Å²) in [6, 6.07) is 31.2. The largest absolute Gasteiger partial charge is 0.443 e. The summed E-state index contributed by atoms with van der Waals surface area (Å²) in [6.07, 6.45) is 1.25. The molecule has 0 aliphatic rings. The number of ether oxygens (including phenoxy) is 1. The van der Waals surface area contributed by atoms with Crippen molar-refractivity contribution in [2.75, 3.05) is 5.32 Å². The molecule has 43 heavy (non-hydrogen) atoms. The number of amides is 1. The summed E-state index contributed by atoms with van der Waals surface area (Å²) in [6.45, 7) is 5.52. The van der Waals surface area contributed by atoms with Crippen LogP contribution < -0.4 is 5.32 Å². The van der Waals surface area contributed by atoms with Crippen molar-refractivity contribution in [3.05, 3.63) is 109 Å². The number of carbonyl (C=O) groups excluding carboxylic acids is 2. The Balaban J connectivity index is 1.31. The van der Waals surface area contributed by atoms with E-state index in [-0.39, 0.29) is 5.91 Å². The highest BCUT2D eigenvalue weighted by Crippen LogP contribution is 2.38. The number of hydrogen-bond acceptors (Lipinski definition) is 5. The molecule has 0 atom stereocenters. The van der Waals surface area contributed by atoms with Crippen LogP contribution in [0.25, 0.3) is 53.6 Å². The number of carbonyl (C=O) groups is 2. The number of rotatable bonds is 4. The van der Waals surface area contributed by atoms with E-state index in [9.17, 15) is 9.59 Å². The maximum absolute atomic E-state index is 13.8. The third-order valence-corrected chi connectivity index (χ3v) is 8.39. The van der Waals surface area contributed by atoms with Crippen molar-refractivity contribution in [3.63, 3.8) is 0 Å². The highest BCUT2D eigenvalue weighted by Gasteiger charge is 2.24. The van der Waals surface area contributed by atoms with Gasteiger partial charge in [-0.3, -0.25) is 9.89 Å². The quantitative estimate of drug-likeness (QED) is 0.216. The Morgan fingerprint density at radius 1 is 0.884 bits per heavy atom. The van der Waals surface area contributed by atoms with Crippen molar-refractivity contribution in [1.82, 2.24) is 14.8 Å². The summed E-state index contributed by atoms with van der Waals surface area (Å²) in [5.74, 6) is -0.260. The highest BCUT2D eigenvalue weighted by molar-refractivity contribution is 7.22. The van der Waals surface area contributed by atoms with E-state index in [1.807, 2.05) is 99.6 Å². The number of hydrogen-bond donors (Lipinski definition) is 2. The minimum absolute atomic E-state index is 0.260. The minimum Gasteiger partial charge on any atom is -0.443 e. The first-order valence-electron chi connectivity index (χ1n) is 14.0. The number of benzene rings is 4. The standard InChI is InChI=1S/C35H28N4O3S/c1-35(2,3)42-34(41)39-28-14-9-13-27(25(28)19-29(39)21-10-5-4-6-11-21)37-33(40)23-16-24-20-36-38-32(24)26(17-23)31-18-22-12-7-8-15-30(22)43-31/h4-20H,1-3H3,(H,36,38)(H,37,40). The third-order valence-electron chi connectivity index (χ3n) is 7.24. The Bertz CT molecular complexity index is 2130. The molecule has 2 N–H and O–H groups in total. The van der Waals surface area contributed by atoms with Gasteiger partial charge in [-0.2, -0.15) is 5.10 Å². The number of aromatic amines is 1. The molecule has 8 heteroatoms. The molecule has 7 aromatic rings. The Morgan fingerprint density at radius 3 is 2.47 bits per heavy atom. The molecule has 0 unspecified atom stereocenters. The third kappa shape index (κ3) is 4.96. The van der Waals surface area contributed by atoms with Crippen LogP contribution in [0.5, 0.6) is 0 Å². The van der Waals surface area contributed by atoms with E-state index in [2.05, 4.69) is 33.7 Å². The molecule has 4 aromatic carbocycles. The molecule has 0 saturated heterocycles. The molecule has 0 fully saturated rings. The van der Waals surface area contributed by atoms with Crippen LogP contribution in [0.15, 0.2) is 103 Å². The second kappa shape index (κ2) is 10.3. The molecule has 0 bridgehead atoms. The SMILES string of the molecule is CC(C)(C)OC(=O)n1c(-c2ccccc2)cc2c(NC(=O)c3cc(-c4cc5ccccc5s4)c4[nH]ncc4c3)cccc21. The van der Waals surface area contributed by atoms with Crippen LogP contribution in [-0.4, -0.2) is 32.4 Å². The fraction of sp³-hybridized carbons (Fsp3) is 0.114. The van der Waals surface area contributed by atoms with Gasteiger partial charge in [-0.25, -0.2) is 9.36 Å². The van der Waals surface area contributed by atoms with E-state index < -0.39 is 11.7 Å². The molecule has 0 saturated carbocycles. The van der Waals surface area contributed by atoms with Gasteiger partial charge in [0.1, 0.15) is 5.60 Å². The summed E-state index contributed by atoms with van der Waals surface area (Å²) in [5.41, 5.74) is 4.41. The van der Waals surface area contributed by atoms with E-state index in [0.29, 0.717) is 22.5 Å². The predicted molar refractivity (Wildman–Crippen MR) is 174 cm³/mol. The Labute approximate surface area is 251 Å². The van der Waals surface area contributed by atoms with E-state index in [1.54, 1.807) is 22.1 Å². The molecule has 0 aliphatic heterocycles. The zero-order valence-corrected chi connectivity index (χ0v) is 24.7. The van der Waals surface area contributed by atoms with Crippen LogP contribution in [0.2, 0.25) is 0 Å². The molecule has 3 aromatic heterocycles. The average Bonchev–Trinajstić information content (AvgIpc) is 3.73. The van der Waals surface area contributed by atoms with Crippen LogP contribution in [0, 0.1) is 0 Å². The summed E-state index contributed by atoms with van der Waals surface area (Å²) < 4.78 is 8.53. The first-order chi connectivity index (χ1) is 20.7. The van der Waals surface area contributed by atoms with Crippen molar-refractivity contribution >= 4 is 60.9 Å². The van der Waals surface area contributed by atoms with Crippen LogP contribution in [0.1, 0.15) is 31.1 Å². The summed E-state index contributed by atoms with van der Waals surface area (Å²) >= 11 is 1.68. The maximum Gasteiger partial charge on any atom is 0.419 e. The van der Waals surface area contributed by atoms with E-state index in [4.69, 9.17) is 4.74 Å². The highest BCUT2D eigenvalue weighted by atomic mass is 32.1. The lowest BCUT2D eigenvalue weighted by molar-refractivity contribution is 0.0547. The number of fused-ring (bicyclic) bond motifs is 3. The normalized spacial score (nSPS) is 11.8. The van der Waals surface area contributed by atoms with E-state index >= 15 is 0 Å². The molecule has 0 spiro atoms. The van der Waals surface area contributed by atoms with E-state index in [1.165, 1.54) is 4.70 Å². The molecule has 7 rings (SSSR count). The van der Waals surface area contributed by atoms with Crippen LogP contribution >= 0.6 is 11.3 Å². The van der Waals surface area contributed by atoms with Crippen molar-refractivity contribution in [1.29, 1.82) is 0 Å². The van der Waals surface area contributed by atoms with Gasteiger partial charge in [0.25, 0.3) is 5.91 Å². The summed E-state index contributed by atoms with van der Waals surface area (Å²) in [7, 11) is 0. The molecule has 3 heterocycles. The zero-order chi connectivity index (χ0) is 29.7. The van der Waals surface area contributed by atoms with Crippen molar-refractivity contribution in [3.8, 4) is 21.7 Å². The Hall–Kier alpha value is -5.21. The second-order valence-electron chi connectivity index (χ2n) is 11.4. The van der Waals surface area contributed by atoms with Gasteiger partial charge in [-0.1, -0.05) is 54.6 Å². The lowest BCUT2D eigenvalue weighted by Crippen LogP contribution is -2.27. The molecule has 212 valence electrons. The number of anilines is 1. The maximum atomic E-state index is 13.8. The zero-order valence-electron chi connectivity index (χ0n) is 23.8. The lowest BCUT2D eigenvalue weighted by atomic mass is 10.0. The molecular formula is C35H28N4O3S. The topological polar surface area (TPSA) is 89.0 Å². The van der Waals surface area contributed by atoms with Gasteiger partial charge in [0.2, 0.25) is 0 Å². The first-order valence-corrected chi connectivity index (χ1v) is 14.8. The molecule has 1 amide bonds. The Morgan fingerprint density at radius 2 is 1.67 bits per heavy atom.